The van der Waals surface area contributed by atoms with Crippen molar-refractivity contribution in [1.29, 1.82) is 0 Å². The van der Waals surface area contributed by atoms with Gasteiger partial charge < -0.3 is 10.0 Å². The highest BCUT2D eigenvalue weighted by molar-refractivity contribution is 5.93. The van der Waals surface area contributed by atoms with Gasteiger partial charge in [0.2, 0.25) is 0 Å². The van der Waals surface area contributed by atoms with Crippen LogP contribution in [0.4, 0.5) is 0 Å². The van der Waals surface area contributed by atoms with E-state index in [1.54, 1.807) is 11.9 Å². The lowest BCUT2D eigenvalue weighted by Crippen LogP contribution is -2.26. The van der Waals surface area contributed by atoms with E-state index < -0.39 is 5.97 Å². The summed E-state index contributed by atoms with van der Waals surface area (Å²) in [4.78, 5) is 24.5. The first-order chi connectivity index (χ1) is 10.4. The zero-order valence-electron chi connectivity index (χ0n) is 12.9. The van der Waals surface area contributed by atoms with Crippen LogP contribution < -0.4 is 0 Å². The summed E-state index contributed by atoms with van der Waals surface area (Å²) >= 11 is 0. The topological polar surface area (TPSA) is 93.2 Å². The predicted octanol–water partition coefficient (Wildman–Crippen LogP) is 0.765. The zero-order valence-corrected chi connectivity index (χ0v) is 12.9. The Morgan fingerprint density at radius 1 is 1.32 bits per heavy atom. The van der Waals surface area contributed by atoms with Gasteiger partial charge in [-0.25, -0.2) is 0 Å². The van der Waals surface area contributed by atoms with Crippen LogP contribution in [0.2, 0.25) is 0 Å². The van der Waals surface area contributed by atoms with Crippen molar-refractivity contribution in [3.63, 3.8) is 0 Å². The number of carboxylic acids is 1. The van der Waals surface area contributed by atoms with Crippen molar-refractivity contribution >= 4 is 11.9 Å². The van der Waals surface area contributed by atoms with E-state index >= 15 is 0 Å². The number of carbonyl (C=O) groups excluding carboxylic acids is 1. The number of aryl methyl sites for hydroxylation is 2. The van der Waals surface area contributed by atoms with E-state index in [1.165, 1.54) is 17.1 Å². The van der Waals surface area contributed by atoms with E-state index in [9.17, 15) is 9.59 Å². The molecular weight excluding hydrogens is 286 g/mol. The van der Waals surface area contributed by atoms with Crippen LogP contribution >= 0.6 is 0 Å². The Labute approximate surface area is 127 Å². The molecule has 0 radical (unpaired) electrons. The summed E-state index contributed by atoms with van der Waals surface area (Å²) in [6.07, 6.45) is 4.74. The molecule has 2 rings (SSSR count). The number of hydrogen-bond donors (Lipinski definition) is 1. The Balaban J connectivity index is 2.06. The summed E-state index contributed by atoms with van der Waals surface area (Å²) in [6.45, 7) is 4.86. The molecular formula is C14H19N5O3. The van der Waals surface area contributed by atoms with Crippen molar-refractivity contribution in [1.82, 2.24) is 24.5 Å². The van der Waals surface area contributed by atoms with Gasteiger partial charge in [-0.15, -0.1) is 0 Å². The number of aromatic nitrogens is 4. The molecule has 2 aromatic heterocycles. The maximum Gasteiger partial charge on any atom is 0.325 e. The van der Waals surface area contributed by atoms with Crippen LogP contribution in [0.25, 0.3) is 0 Å². The number of amides is 1. The normalized spacial score (nSPS) is 10.7. The summed E-state index contributed by atoms with van der Waals surface area (Å²) < 4.78 is 3.05. The van der Waals surface area contributed by atoms with E-state index in [0.717, 1.165) is 17.8 Å². The quantitative estimate of drug-likeness (QED) is 0.850. The van der Waals surface area contributed by atoms with E-state index in [1.807, 2.05) is 24.7 Å². The van der Waals surface area contributed by atoms with Gasteiger partial charge >= 0.3 is 5.97 Å². The first kappa shape index (κ1) is 15.7. The van der Waals surface area contributed by atoms with Gasteiger partial charge in [-0.05, 0) is 13.8 Å². The first-order valence-electron chi connectivity index (χ1n) is 6.93. The molecule has 0 aromatic carbocycles. The monoisotopic (exact) mass is 305 g/mol. The lowest BCUT2D eigenvalue weighted by molar-refractivity contribution is -0.137. The van der Waals surface area contributed by atoms with Crippen molar-refractivity contribution in [3.8, 4) is 0 Å². The molecule has 0 fully saturated rings. The van der Waals surface area contributed by atoms with Crippen LogP contribution in [-0.2, 0) is 24.4 Å². The second kappa shape index (κ2) is 6.42. The van der Waals surface area contributed by atoms with Gasteiger partial charge in [0.05, 0.1) is 17.5 Å². The average molecular weight is 305 g/mol. The molecule has 2 heterocycles. The van der Waals surface area contributed by atoms with Crippen molar-refractivity contribution in [2.45, 2.75) is 33.5 Å². The highest BCUT2D eigenvalue weighted by Gasteiger charge is 2.16. The zero-order chi connectivity index (χ0) is 16.3. The summed E-state index contributed by atoms with van der Waals surface area (Å²) in [6, 6.07) is 0. The van der Waals surface area contributed by atoms with Crippen LogP contribution in [0, 0.1) is 6.92 Å². The molecule has 0 aliphatic heterocycles. The molecule has 0 aliphatic carbocycles. The van der Waals surface area contributed by atoms with Gasteiger partial charge in [-0.3, -0.25) is 19.0 Å². The van der Waals surface area contributed by atoms with Crippen molar-refractivity contribution in [2.24, 2.45) is 0 Å². The van der Waals surface area contributed by atoms with Crippen molar-refractivity contribution in [3.05, 3.63) is 35.4 Å². The minimum absolute atomic E-state index is 0.208. The van der Waals surface area contributed by atoms with Crippen molar-refractivity contribution in [2.75, 3.05) is 7.05 Å². The highest BCUT2D eigenvalue weighted by atomic mass is 16.4. The minimum Gasteiger partial charge on any atom is -0.480 e. The Morgan fingerprint density at radius 2 is 2.05 bits per heavy atom. The standard InChI is InChI=1S/C14H19N5O3/c1-4-18-8-12(10(2)16-18)6-17(3)14(22)11-5-15-19(7-11)9-13(20)21/h5,7-8H,4,6,9H2,1-3H3,(H,20,21). The summed E-state index contributed by atoms with van der Waals surface area (Å²) in [5.41, 5.74) is 2.24. The van der Waals surface area contributed by atoms with Gasteiger partial charge in [0, 0.05) is 38.1 Å². The second-order valence-electron chi connectivity index (χ2n) is 5.08. The fourth-order valence-electron chi connectivity index (χ4n) is 2.12. The highest BCUT2D eigenvalue weighted by Crippen LogP contribution is 2.11. The number of aliphatic carboxylic acids is 1. The molecule has 8 heteroatoms. The Kier molecular flexibility index (Phi) is 4.59. The van der Waals surface area contributed by atoms with Gasteiger partial charge in [0.15, 0.2) is 0 Å². The lowest BCUT2D eigenvalue weighted by Gasteiger charge is -2.15. The lowest BCUT2D eigenvalue weighted by atomic mass is 10.2. The molecule has 0 bridgehead atoms. The molecule has 8 nitrogen and oxygen atoms in total. The minimum atomic E-state index is -1.00. The SMILES string of the molecule is CCn1cc(CN(C)C(=O)c2cnn(CC(=O)O)c2)c(C)n1. The smallest absolute Gasteiger partial charge is 0.325 e. The number of carbonyl (C=O) groups is 2. The third kappa shape index (κ3) is 3.51. The van der Waals surface area contributed by atoms with Gasteiger partial charge in [-0.2, -0.15) is 10.2 Å². The molecule has 0 saturated carbocycles. The largest absolute Gasteiger partial charge is 0.480 e. The number of hydrogen-bond acceptors (Lipinski definition) is 4. The molecule has 2 aromatic rings. The third-order valence-electron chi connectivity index (χ3n) is 3.30. The second-order valence-corrected chi connectivity index (χ2v) is 5.08. The number of carboxylic acid groups (broad SMARTS) is 1. The van der Waals surface area contributed by atoms with Crippen molar-refractivity contribution < 1.29 is 14.7 Å². The Morgan fingerprint density at radius 3 is 2.64 bits per heavy atom. The van der Waals surface area contributed by atoms with Gasteiger partial charge in [-0.1, -0.05) is 0 Å². The van der Waals surface area contributed by atoms with E-state index in [0.29, 0.717) is 12.1 Å². The van der Waals surface area contributed by atoms with Crippen LogP contribution in [0.3, 0.4) is 0 Å². The maximum absolute atomic E-state index is 12.3. The molecule has 0 atom stereocenters. The summed E-state index contributed by atoms with van der Waals surface area (Å²) in [5.74, 6) is -1.21. The Bertz CT molecular complexity index is 688. The van der Waals surface area contributed by atoms with Crippen LogP contribution in [0.1, 0.15) is 28.5 Å². The van der Waals surface area contributed by atoms with E-state index in [-0.39, 0.29) is 12.5 Å². The summed E-state index contributed by atoms with van der Waals surface area (Å²) in [7, 11) is 1.69. The van der Waals surface area contributed by atoms with E-state index in [2.05, 4.69) is 10.2 Å². The predicted molar refractivity (Wildman–Crippen MR) is 78.3 cm³/mol. The maximum atomic E-state index is 12.3. The van der Waals surface area contributed by atoms with E-state index in [4.69, 9.17) is 5.11 Å². The van der Waals surface area contributed by atoms with Gasteiger partial charge in [0.1, 0.15) is 6.54 Å². The molecule has 0 saturated heterocycles. The molecule has 118 valence electrons. The molecule has 22 heavy (non-hydrogen) atoms. The molecule has 1 amide bonds. The van der Waals surface area contributed by atoms with Crippen LogP contribution in [-0.4, -0.2) is 48.5 Å². The molecule has 0 unspecified atom stereocenters. The van der Waals surface area contributed by atoms with Crippen LogP contribution in [0.5, 0.6) is 0 Å². The first-order valence-corrected chi connectivity index (χ1v) is 6.93. The fourth-order valence-corrected chi connectivity index (χ4v) is 2.12. The fraction of sp³-hybridized carbons (Fsp3) is 0.429. The van der Waals surface area contributed by atoms with Gasteiger partial charge in [0.25, 0.3) is 5.91 Å². The molecule has 0 aliphatic rings. The number of nitrogens with zero attached hydrogens (tertiary/aromatic N) is 5. The third-order valence-corrected chi connectivity index (χ3v) is 3.30. The summed E-state index contributed by atoms with van der Waals surface area (Å²) in [5, 5.41) is 16.9. The average Bonchev–Trinajstić information content (AvgIpc) is 3.05. The molecule has 1 N–H and O–H groups in total. The molecule has 0 spiro atoms. The number of rotatable bonds is 6. The van der Waals surface area contributed by atoms with Crippen LogP contribution in [0.15, 0.2) is 18.6 Å². The Hall–Kier alpha value is -2.64.